The Labute approximate surface area is 141 Å². The largest absolute Gasteiger partial charge is 0.452 e. The molecule has 1 aromatic rings. The SMILES string of the molecule is Cc1noc(C(C)OC(=O)C2CC(=O)N(C3CCC(C)CC3)C2)n1. The van der Waals surface area contributed by atoms with Gasteiger partial charge in [0.1, 0.15) is 0 Å². The fourth-order valence-electron chi connectivity index (χ4n) is 3.60. The molecule has 0 N–H and O–H groups in total. The molecular formula is C17H25N3O4. The summed E-state index contributed by atoms with van der Waals surface area (Å²) in [6, 6.07) is 0.280. The van der Waals surface area contributed by atoms with Crippen LogP contribution in [0.2, 0.25) is 0 Å². The summed E-state index contributed by atoms with van der Waals surface area (Å²) in [5.41, 5.74) is 0. The Morgan fingerprint density at radius 3 is 2.67 bits per heavy atom. The Morgan fingerprint density at radius 1 is 1.33 bits per heavy atom. The number of rotatable bonds is 4. The van der Waals surface area contributed by atoms with Crippen LogP contribution in [0.25, 0.3) is 0 Å². The van der Waals surface area contributed by atoms with Crippen LogP contribution in [-0.2, 0) is 14.3 Å². The molecule has 1 aliphatic carbocycles. The van der Waals surface area contributed by atoms with E-state index in [0.717, 1.165) is 31.6 Å². The van der Waals surface area contributed by atoms with Crippen LogP contribution in [0.15, 0.2) is 4.52 Å². The van der Waals surface area contributed by atoms with E-state index in [1.165, 1.54) is 0 Å². The summed E-state index contributed by atoms with van der Waals surface area (Å²) in [5, 5.41) is 3.69. The molecule has 0 aromatic carbocycles. The molecule has 24 heavy (non-hydrogen) atoms. The number of aromatic nitrogens is 2. The molecule has 0 spiro atoms. The van der Waals surface area contributed by atoms with Crippen molar-refractivity contribution < 1.29 is 18.8 Å². The second kappa shape index (κ2) is 6.91. The van der Waals surface area contributed by atoms with Gasteiger partial charge in [-0.3, -0.25) is 9.59 Å². The summed E-state index contributed by atoms with van der Waals surface area (Å²) in [7, 11) is 0. The van der Waals surface area contributed by atoms with E-state index in [1.807, 2.05) is 4.90 Å². The van der Waals surface area contributed by atoms with Gasteiger partial charge in [-0.2, -0.15) is 4.98 Å². The van der Waals surface area contributed by atoms with Crippen LogP contribution in [0.1, 0.15) is 63.8 Å². The predicted molar refractivity (Wildman–Crippen MR) is 84.8 cm³/mol. The normalized spacial score (nSPS) is 28.9. The molecule has 2 aliphatic rings. The minimum absolute atomic E-state index is 0.0674. The maximum absolute atomic E-state index is 12.4. The average molecular weight is 335 g/mol. The molecule has 1 saturated carbocycles. The van der Waals surface area contributed by atoms with Gasteiger partial charge in [-0.15, -0.1) is 0 Å². The van der Waals surface area contributed by atoms with Gasteiger partial charge in [0.2, 0.25) is 5.91 Å². The first-order valence-electron chi connectivity index (χ1n) is 8.74. The second-order valence-corrected chi connectivity index (χ2v) is 7.12. The molecule has 1 aliphatic heterocycles. The Balaban J connectivity index is 1.55. The molecular weight excluding hydrogens is 310 g/mol. The molecule has 3 rings (SSSR count). The third-order valence-electron chi connectivity index (χ3n) is 5.10. The molecule has 7 heteroatoms. The number of ether oxygens (including phenoxy) is 1. The van der Waals surface area contributed by atoms with E-state index in [0.29, 0.717) is 12.4 Å². The lowest BCUT2D eigenvalue weighted by molar-refractivity contribution is -0.154. The second-order valence-electron chi connectivity index (χ2n) is 7.12. The quantitative estimate of drug-likeness (QED) is 0.786. The van der Waals surface area contributed by atoms with Gasteiger partial charge in [-0.05, 0) is 45.4 Å². The van der Waals surface area contributed by atoms with Gasteiger partial charge < -0.3 is 14.2 Å². The van der Waals surface area contributed by atoms with Gasteiger partial charge in [-0.1, -0.05) is 12.1 Å². The van der Waals surface area contributed by atoms with E-state index in [4.69, 9.17) is 9.26 Å². The van der Waals surface area contributed by atoms with Crippen molar-refractivity contribution >= 4 is 11.9 Å². The average Bonchev–Trinajstić information content (AvgIpc) is 3.14. The molecule has 1 aromatic heterocycles. The summed E-state index contributed by atoms with van der Waals surface area (Å²) in [4.78, 5) is 30.6. The molecule has 2 atom stereocenters. The number of aryl methyl sites for hydroxylation is 1. The zero-order chi connectivity index (χ0) is 17.3. The van der Waals surface area contributed by atoms with Gasteiger partial charge in [-0.25, -0.2) is 0 Å². The summed E-state index contributed by atoms with van der Waals surface area (Å²) in [6.45, 7) is 6.12. The minimum atomic E-state index is -0.599. The maximum Gasteiger partial charge on any atom is 0.312 e. The van der Waals surface area contributed by atoms with Crippen molar-refractivity contribution in [3.8, 4) is 0 Å². The number of carbonyl (C=O) groups is 2. The first-order chi connectivity index (χ1) is 11.4. The lowest BCUT2D eigenvalue weighted by Gasteiger charge is -2.33. The van der Waals surface area contributed by atoms with Crippen LogP contribution in [0.5, 0.6) is 0 Å². The van der Waals surface area contributed by atoms with Crippen molar-refractivity contribution in [2.75, 3.05) is 6.54 Å². The Bertz CT molecular complexity index is 607. The van der Waals surface area contributed by atoms with Gasteiger partial charge in [0, 0.05) is 19.0 Å². The highest BCUT2D eigenvalue weighted by atomic mass is 16.6. The van der Waals surface area contributed by atoms with Crippen LogP contribution in [0.3, 0.4) is 0 Å². The molecule has 132 valence electrons. The third-order valence-corrected chi connectivity index (χ3v) is 5.10. The smallest absolute Gasteiger partial charge is 0.312 e. The lowest BCUT2D eigenvalue weighted by Crippen LogP contribution is -2.39. The Morgan fingerprint density at radius 2 is 2.04 bits per heavy atom. The van der Waals surface area contributed by atoms with Crippen LogP contribution < -0.4 is 0 Å². The van der Waals surface area contributed by atoms with E-state index in [1.54, 1.807) is 13.8 Å². The topological polar surface area (TPSA) is 85.5 Å². The lowest BCUT2D eigenvalue weighted by atomic mass is 9.87. The van der Waals surface area contributed by atoms with Crippen molar-refractivity contribution in [3.05, 3.63) is 11.7 Å². The van der Waals surface area contributed by atoms with E-state index in [2.05, 4.69) is 17.1 Å². The number of carbonyl (C=O) groups excluding carboxylic acids is 2. The van der Waals surface area contributed by atoms with Crippen molar-refractivity contribution in [2.24, 2.45) is 11.8 Å². The highest BCUT2D eigenvalue weighted by Gasteiger charge is 2.40. The maximum atomic E-state index is 12.4. The van der Waals surface area contributed by atoms with Gasteiger partial charge in [0.25, 0.3) is 5.89 Å². The number of esters is 1. The molecule has 0 radical (unpaired) electrons. The fourth-order valence-corrected chi connectivity index (χ4v) is 3.60. The van der Waals surface area contributed by atoms with Crippen molar-refractivity contribution in [1.29, 1.82) is 0 Å². The van der Waals surface area contributed by atoms with E-state index < -0.39 is 12.0 Å². The predicted octanol–water partition coefficient (Wildman–Crippen LogP) is 2.41. The first-order valence-corrected chi connectivity index (χ1v) is 8.74. The monoisotopic (exact) mass is 335 g/mol. The summed E-state index contributed by atoms with van der Waals surface area (Å²) < 4.78 is 10.4. The zero-order valence-electron chi connectivity index (χ0n) is 14.5. The zero-order valence-corrected chi connectivity index (χ0v) is 14.5. The highest BCUT2D eigenvalue weighted by molar-refractivity contribution is 5.87. The number of hydrogen-bond donors (Lipinski definition) is 0. The number of likely N-dealkylation sites (tertiary alicyclic amines) is 1. The van der Waals surface area contributed by atoms with E-state index in [9.17, 15) is 9.59 Å². The number of amides is 1. The van der Waals surface area contributed by atoms with E-state index >= 15 is 0 Å². The van der Waals surface area contributed by atoms with Crippen molar-refractivity contribution in [2.45, 2.75) is 65.0 Å². The molecule has 2 fully saturated rings. The molecule has 0 bridgehead atoms. The van der Waals surface area contributed by atoms with Gasteiger partial charge in [0.05, 0.1) is 5.92 Å². The fraction of sp³-hybridized carbons (Fsp3) is 0.765. The Hall–Kier alpha value is -1.92. The van der Waals surface area contributed by atoms with Crippen LogP contribution in [0.4, 0.5) is 0 Å². The van der Waals surface area contributed by atoms with Crippen LogP contribution in [-0.4, -0.2) is 39.5 Å². The van der Waals surface area contributed by atoms with Crippen molar-refractivity contribution in [3.63, 3.8) is 0 Å². The number of nitrogens with zero attached hydrogens (tertiary/aromatic N) is 3. The molecule has 1 amide bonds. The molecule has 2 unspecified atom stereocenters. The van der Waals surface area contributed by atoms with Crippen LogP contribution >= 0.6 is 0 Å². The third kappa shape index (κ3) is 3.60. The van der Waals surface area contributed by atoms with E-state index in [-0.39, 0.29) is 30.2 Å². The Kier molecular flexibility index (Phi) is 4.87. The van der Waals surface area contributed by atoms with Gasteiger partial charge in [0.15, 0.2) is 11.9 Å². The van der Waals surface area contributed by atoms with Crippen LogP contribution in [0, 0.1) is 18.8 Å². The van der Waals surface area contributed by atoms with Gasteiger partial charge >= 0.3 is 5.97 Å². The van der Waals surface area contributed by atoms with Crippen molar-refractivity contribution in [1.82, 2.24) is 15.0 Å². The summed E-state index contributed by atoms with van der Waals surface area (Å²) in [5.74, 6) is 0.822. The standard InChI is InChI=1S/C17H25N3O4/c1-10-4-6-14(7-5-10)20-9-13(8-15(20)21)17(22)23-11(2)16-18-12(3)19-24-16/h10-11,13-14H,4-9H2,1-3H3. The first kappa shape index (κ1) is 16.9. The minimum Gasteiger partial charge on any atom is -0.452 e. The molecule has 1 saturated heterocycles. The number of hydrogen-bond acceptors (Lipinski definition) is 6. The molecule has 2 heterocycles. The summed E-state index contributed by atoms with van der Waals surface area (Å²) in [6.07, 6.45) is 4.01. The highest BCUT2D eigenvalue weighted by Crippen LogP contribution is 2.32. The summed E-state index contributed by atoms with van der Waals surface area (Å²) >= 11 is 0. The molecule has 7 nitrogen and oxygen atoms in total.